The van der Waals surface area contributed by atoms with Gasteiger partial charge in [-0.3, -0.25) is 0 Å². The normalized spacial score (nSPS) is 8.38. The summed E-state index contributed by atoms with van der Waals surface area (Å²) in [6, 6.07) is 17.2. The predicted octanol–water partition coefficient (Wildman–Crippen LogP) is 0.881. The maximum Gasteiger partial charge on any atom is 2.00 e. The monoisotopic (exact) mass is 327 g/mol. The van der Waals surface area contributed by atoms with Crippen LogP contribution in [0.1, 0.15) is 0 Å². The van der Waals surface area contributed by atoms with E-state index in [1.807, 2.05) is 0 Å². The molecule has 109 valence electrons. The maximum atomic E-state index is 9.95. The van der Waals surface area contributed by atoms with Crippen LogP contribution < -0.4 is 20.8 Å². The van der Waals surface area contributed by atoms with Gasteiger partial charge in [0.15, 0.2) is 0 Å². The molecule has 0 unspecified atom stereocenters. The minimum absolute atomic E-state index is 0. The van der Waals surface area contributed by atoms with Gasteiger partial charge in [0.1, 0.15) is 12.2 Å². The van der Waals surface area contributed by atoms with E-state index in [0.717, 1.165) is 0 Å². The van der Waals surface area contributed by atoms with Gasteiger partial charge in [-0.1, -0.05) is 36.4 Å². The summed E-state index contributed by atoms with van der Waals surface area (Å²) in [4.78, 5) is 19.9. The molecule has 0 fully saturated rings. The second-order valence-corrected chi connectivity index (χ2v) is 3.56. The number of benzene rings is 2. The average molecular weight is 327 g/mol. The Bertz CT molecular complexity index is 498. The Labute approximate surface area is 132 Å². The molecule has 0 aromatic heterocycles. The van der Waals surface area contributed by atoms with Gasteiger partial charge in [-0.05, 0) is 24.3 Å². The molecule has 2 aromatic carbocycles. The topological polar surface area (TPSA) is 104 Å². The Morgan fingerprint density at radius 1 is 0.667 bits per heavy atom. The quantitative estimate of drug-likeness (QED) is 0.799. The van der Waals surface area contributed by atoms with Crippen molar-refractivity contribution in [1.82, 2.24) is 0 Å². The maximum absolute atomic E-state index is 9.95. The molecule has 0 aliphatic heterocycles. The molecule has 2 aromatic rings. The Kier molecular flexibility index (Phi) is 9.08. The first-order valence-corrected chi connectivity index (χ1v) is 5.64. The first-order chi connectivity index (χ1) is 9.58. The van der Waals surface area contributed by atoms with Gasteiger partial charge in [0.2, 0.25) is 0 Å². The fraction of sp³-hybridized carbons (Fsp3) is 0. The van der Waals surface area contributed by atoms with Crippen molar-refractivity contribution < 1.29 is 36.9 Å². The van der Waals surface area contributed by atoms with Crippen molar-refractivity contribution in [3.05, 3.63) is 60.7 Å². The Morgan fingerprint density at radius 2 is 0.952 bits per heavy atom. The minimum atomic E-state index is -1.29. The van der Waals surface area contributed by atoms with E-state index in [9.17, 15) is 19.8 Å². The summed E-state index contributed by atoms with van der Waals surface area (Å²) in [5.41, 5.74) is 1.06. The number of carboxylic acid groups (broad SMARTS) is 2. The van der Waals surface area contributed by atoms with Gasteiger partial charge in [0.25, 0.3) is 0 Å². The van der Waals surface area contributed by atoms with Crippen molar-refractivity contribution in [2.75, 3.05) is 10.6 Å². The van der Waals surface area contributed by atoms with Gasteiger partial charge in [0, 0.05) is 11.4 Å². The van der Waals surface area contributed by atoms with Crippen LogP contribution in [0.5, 0.6) is 0 Å². The van der Waals surface area contributed by atoms with Crippen LogP contribution in [0.25, 0.3) is 0 Å². The Balaban J connectivity index is 0.000000364. The number of para-hydroxylation sites is 2. The van der Waals surface area contributed by atoms with Crippen LogP contribution in [0.3, 0.4) is 0 Å². The summed E-state index contributed by atoms with van der Waals surface area (Å²) in [7, 11) is 0. The Morgan fingerprint density at radius 3 is 1.19 bits per heavy atom. The van der Waals surface area contributed by atoms with Crippen molar-refractivity contribution in [3.8, 4) is 0 Å². The van der Waals surface area contributed by atoms with Crippen molar-refractivity contribution in [1.29, 1.82) is 0 Å². The smallest absolute Gasteiger partial charge is 0.530 e. The van der Waals surface area contributed by atoms with Crippen LogP contribution >= 0.6 is 0 Å². The van der Waals surface area contributed by atoms with E-state index in [1.165, 1.54) is 0 Å². The van der Waals surface area contributed by atoms with E-state index in [2.05, 4.69) is 10.6 Å². The summed E-state index contributed by atoms with van der Waals surface area (Å²) in [5, 5.41) is 24.1. The van der Waals surface area contributed by atoms with Gasteiger partial charge in [-0.2, -0.15) is 0 Å². The van der Waals surface area contributed by atoms with Crippen molar-refractivity contribution in [2.24, 2.45) is 0 Å². The summed E-state index contributed by atoms with van der Waals surface area (Å²) in [6.07, 6.45) is -2.57. The first kappa shape index (κ1) is 18.5. The zero-order chi connectivity index (χ0) is 14.8. The van der Waals surface area contributed by atoms with Gasteiger partial charge in [0.05, 0.1) is 0 Å². The SMILES string of the molecule is O=C([O-])Nc1ccccc1.O=C([O-])Nc1ccccc1.[Mn+2]. The number of carbonyl (C=O) groups is 2. The van der Waals surface area contributed by atoms with E-state index >= 15 is 0 Å². The van der Waals surface area contributed by atoms with E-state index in [1.54, 1.807) is 60.7 Å². The van der Waals surface area contributed by atoms with E-state index in [0.29, 0.717) is 11.4 Å². The summed E-state index contributed by atoms with van der Waals surface area (Å²) >= 11 is 0. The Hall–Kier alpha value is -2.50. The fourth-order valence-electron chi connectivity index (χ4n) is 1.28. The molecule has 2 amide bonds. The largest absolute Gasteiger partial charge is 2.00 e. The minimum Gasteiger partial charge on any atom is -0.530 e. The number of carbonyl (C=O) groups excluding carboxylic acids is 2. The second-order valence-electron chi connectivity index (χ2n) is 3.56. The third-order valence-corrected chi connectivity index (χ3v) is 2.04. The number of anilines is 2. The number of hydrogen-bond donors (Lipinski definition) is 2. The zero-order valence-electron chi connectivity index (χ0n) is 10.8. The van der Waals surface area contributed by atoms with Crippen LogP contribution in [0, 0.1) is 0 Å². The molecule has 6 nitrogen and oxygen atoms in total. The third-order valence-electron chi connectivity index (χ3n) is 2.04. The molecule has 0 saturated heterocycles. The summed E-state index contributed by atoms with van der Waals surface area (Å²) in [6.45, 7) is 0. The van der Waals surface area contributed by atoms with Crippen molar-refractivity contribution in [2.45, 2.75) is 0 Å². The van der Waals surface area contributed by atoms with Gasteiger partial charge in [-0.15, -0.1) is 0 Å². The molecule has 0 aliphatic carbocycles. The molecule has 7 heteroatoms. The number of nitrogens with one attached hydrogen (secondary N) is 2. The number of rotatable bonds is 2. The summed E-state index contributed by atoms with van der Waals surface area (Å²) < 4.78 is 0. The molecule has 2 rings (SSSR count). The van der Waals surface area contributed by atoms with E-state index in [-0.39, 0.29) is 17.1 Å². The zero-order valence-corrected chi connectivity index (χ0v) is 12.0. The fourth-order valence-corrected chi connectivity index (χ4v) is 1.28. The first-order valence-electron chi connectivity index (χ1n) is 5.64. The molecule has 0 saturated carbocycles. The summed E-state index contributed by atoms with van der Waals surface area (Å²) in [5.74, 6) is 0. The van der Waals surface area contributed by atoms with Crippen molar-refractivity contribution in [3.63, 3.8) is 0 Å². The van der Waals surface area contributed by atoms with Crippen LogP contribution in [-0.4, -0.2) is 12.2 Å². The molecule has 0 aliphatic rings. The van der Waals surface area contributed by atoms with Crippen LogP contribution in [0.15, 0.2) is 60.7 Å². The molecule has 0 atom stereocenters. The number of hydrogen-bond acceptors (Lipinski definition) is 4. The third kappa shape index (κ3) is 9.10. The molecular formula is C14H12MnN2O4. The van der Waals surface area contributed by atoms with E-state index in [4.69, 9.17) is 0 Å². The standard InChI is InChI=1S/2C7H7NO2.Mn/c2*9-7(10)8-6-4-2-1-3-5-6;/h2*1-5,8H,(H,9,10);/q;;+2/p-2. The van der Waals surface area contributed by atoms with Crippen LogP contribution in [0.4, 0.5) is 21.0 Å². The van der Waals surface area contributed by atoms with E-state index < -0.39 is 12.2 Å². The van der Waals surface area contributed by atoms with Crippen LogP contribution in [-0.2, 0) is 17.1 Å². The number of amides is 2. The molecule has 2 N–H and O–H groups in total. The van der Waals surface area contributed by atoms with Crippen LogP contribution in [0.2, 0.25) is 0 Å². The molecule has 0 heterocycles. The average Bonchev–Trinajstić information content (AvgIpc) is 2.40. The molecule has 0 bridgehead atoms. The molecule has 1 radical (unpaired) electrons. The molecule has 21 heavy (non-hydrogen) atoms. The van der Waals surface area contributed by atoms with Crippen molar-refractivity contribution >= 4 is 23.6 Å². The van der Waals surface area contributed by atoms with Gasteiger partial charge < -0.3 is 30.4 Å². The molecular weight excluding hydrogens is 315 g/mol. The predicted molar refractivity (Wildman–Crippen MR) is 70.9 cm³/mol. The molecule has 0 spiro atoms. The van der Waals surface area contributed by atoms with Gasteiger partial charge in [-0.25, -0.2) is 0 Å². The van der Waals surface area contributed by atoms with Gasteiger partial charge >= 0.3 is 17.1 Å². The second kappa shape index (κ2) is 10.3.